The summed E-state index contributed by atoms with van der Waals surface area (Å²) in [4.78, 5) is 63.4. The molecule has 6 aromatic rings. The lowest BCUT2D eigenvalue weighted by Crippen LogP contribution is -2.36. The molecule has 12 N–H and O–H groups in total. The van der Waals surface area contributed by atoms with Crippen molar-refractivity contribution in [1.82, 2.24) is 45.6 Å². The third-order valence-corrected chi connectivity index (χ3v) is 11.5. The zero-order chi connectivity index (χ0) is 53.8. The summed E-state index contributed by atoms with van der Waals surface area (Å²) in [5.74, 6) is 1.67. The van der Waals surface area contributed by atoms with Crippen LogP contribution in [0.4, 0.5) is 0 Å². The van der Waals surface area contributed by atoms with E-state index < -0.39 is 0 Å². The van der Waals surface area contributed by atoms with Gasteiger partial charge in [0.15, 0.2) is 17.9 Å². The molecule has 0 spiro atoms. The van der Waals surface area contributed by atoms with Crippen LogP contribution in [0.2, 0.25) is 0 Å². The third kappa shape index (κ3) is 17.9. The van der Waals surface area contributed by atoms with E-state index >= 15 is 0 Å². The first kappa shape index (κ1) is 58.0. The smallest absolute Gasteiger partial charge is 0.274 e. The number of H-pyrrole nitrogens is 3. The topological polar surface area (TPSA) is 287 Å². The third-order valence-electron chi connectivity index (χ3n) is 11.5. The zero-order valence-electron chi connectivity index (χ0n) is 44.6. The Labute approximate surface area is 428 Å². The Morgan fingerprint density at radius 2 is 0.808 bits per heavy atom. The van der Waals surface area contributed by atoms with Crippen LogP contribution in [-0.2, 0) is 0 Å². The molecule has 0 saturated carbocycles. The van der Waals surface area contributed by atoms with Gasteiger partial charge in [-0.25, -0.2) is 0 Å². The molecule has 0 aliphatic heterocycles. The molecule has 21 nitrogen and oxygen atoms in total. The number of aliphatic imine (C=N–C) groups is 3. The van der Waals surface area contributed by atoms with Crippen molar-refractivity contribution in [2.24, 2.45) is 32.2 Å². The average Bonchev–Trinajstić information content (AvgIpc) is 4.12. The standard InChI is InChI=1S/C19H29N5O2.C17H25N5O2.C16H23N5O2/c1-5-24(6-2)8-7-9-26-14-10-13(3)15-12-17(22-16(15)11-14)18(25)23-19(20)21-4;1-11-8-12(24-7-5-6-22(3)4)9-14-13(11)10-15(20-14)16(23)21-17(18)19-2;1-10-7-11(23-6-5-21(3)4)8-13-12(10)9-14(19-13)15(22)20-16(17)18-2/h10-12,22H,5-9H2,1-4H3,(H3,20,21,23,25);8-10,20H,5-7H2,1-4H3,(H3,18,19,21,23);7-9,19H,5-6H2,1-4H3,(H3,17,18,20,22). The fraction of sp³-hybridized carbons (Fsp3) is 0.423. The quantitative estimate of drug-likeness (QED) is 0.0300. The largest absolute Gasteiger partial charge is 0.493 e. The number of guanidine groups is 3. The van der Waals surface area contributed by atoms with Crippen LogP contribution in [0.25, 0.3) is 32.7 Å². The van der Waals surface area contributed by atoms with E-state index in [4.69, 9.17) is 31.4 Å². The fourth-order valence-electron chi connectivity index (χ4n) is 7.43. The average molecular weight is 1010 g/mol. The summed E-state index contributed by atoms with van der Waals surface area (Å²) < 4.78 is 17.5. The molecule has 3 heterocycles. The molecule has 0 bridgehead atoms. The molecular weight excluding hydrogens is 931 g/mol. The Hall–Kier alpha value is -7.62. The van der Waals surface area contributed by atoms with E-state index in [1.54, 1.807) is 12.1 Å². The van der Waals surface area contributed by atoms with Gasteiger partial charge in [0.1, 0.15) is 40.9 Å². The van der Waals surface area contributed by atoms with Crippen molar-refractivity contribution in [3.8, 4) is 17.2 Å². The van der Waals surface area contributed by atoms with E-state index in [2.05, 4.69) is 74.4 Å². The van der Waals surface area contributed by atoms with Gasteiger partial charge in [0.25, 0.3) is 17.7 Å². The molecule has 0 radical (unpaired) electrons. The van der Waals surface area contributed by atoms with Crippen molar-refractivity contribution >= 4 is 68.3 Å². The van der Waals surface area contributed by atoms with Crippen LogP contribution in [0.15, 0.2) is 69.6 Å². The number of carbonyl (C=O) groups excluding carboxylic acids is 3. The predicted molar refractivity (Wildman–Crippen MR) is 295 cm³/mol. The second-order valence-electron chi connectivity index (χ2n) is 17.7. The van der Waals surface area contributed by atoms with Gasteiger partial charge < -0.3 is 61.1 Å². The van der Waals surface area contributed by atoms with Crippen LogP contribution in [-0.4, -0.2) is 167 Å². The lowest BCUT2D eigenvalue weighted by atomic mass is 10.1. The molecule has 0 fully saturated rings. The first-order valence-electron chi connectivity index (χ1n) is 24.2. The van der Waals surface area contributed by atoms with Crippen molar-refractivity contribution in [3.63, 3.8) is 0 Å². The minimum absolute atomic E-state index is 0.0816. The molecule has 0 aliphatic rings. The highest BCUT2D eigenvalue weighted by Crippen LogP contribution is 2.28. The van der Waals surface area contributed by atoms with Gasteiger partial charge in [-0.15, -0.1) is 0 Å². The van der Waals surface area contributed by atoms with Gasteiger partial charge in [0.05, 0.1) is 13.2 Å². The highest BCUT2D eigenvalue weighted by Gasteiger charge is 2.16. The van der Waals surface area contributed by atoms with Crippen LogP contribution >= 0.6 is 0 Å². The van der Waals surface area contributed by atoms with Crippen molar-refractivity contribution < 1.29 is 28.6 Å². The van der Waals surface area contributed by atoms with Crippen molar-refractivity contribution in [3.05, 3.63) is 88.4 Å². The second kappa shape index (κ2) is 28.4. The lowest BCUT2D eigenvalue weighted by molar-refractivity contribution is 0.0964. The molecule has 6 rings (SSSR count). The van der Waals surface area contributed by atoms with Gasteiger partial charge in [-0.2, -0.15) is 0 Å². The fourth-order valence-corrected chi connectivity index (χ4v) is 7.43. The monoisotopic (exact) mass is 1010 g/mol. The first-order chi connectivity index (χ1) is 34.8. The van der Waals surface area contributed by atoms with E-state index in [0.29, 0.717) is 36.9 Å². The molecule has 3 aromatic heterocycles. The van der Waals surface area contributed by atoms with E-state index in [1.165, 1.54) is 21.1 Å². The second-order valence-corrected chi connectivity index (χ2v) is 17.7. The molecule has 0 atom stereocenters. The van der Waals surface area contributed by atoms with Gasteiger partial charge in [-0.1, -0.05) is 13.8 Å². The van der Waals surface area contributed by atoms with Gasteiger partial charge in [-0.05, 0) is 128 Å². The highest BCUT2D eigenvalue weighted by atomic mass is 16.5. The number of likely N-dealkylation sites (N-methyl/N-ethyl adjacent to an activating group) is 1. The normalized spacial score (nSPS) is 12.0. The Morgan fingerprint density at radius 1 is 0.493 bits per heavy atom. The van der Waals surface area contributed by atoms with Crippen LogP contribution in [0, 0.1) is 20.8 Å². The summed E-state index contributed by atoms with van der Waals surface area (Å²) in [7, 11) is 12.6. The molecule has 0 saturated heterocycles. The van der Waals surface area contributed by atoms with Gasteiger partial charge in [-0.3, -0.25) is 45.3 Å². The number of hydrogen-bond donors (Lipinski definition) is 9. The Morgan fingerprint density at radius 3 is 1.11 bits per heavy atom. The van der Waals surface area contributed by atoms with Crippen LogP contribution in [0.1, 0.15) is 74.8 Å². The molecule has 396 valence electrons. The van der Waals surface area contributed by atoms with Crippen LogP contribution in [0.3, 0.4) is 0 Å². The number of benzene rings is 3. The summed E-state index contributed by atoms with van der Waals surface area (Å²) in [5, 5.41) is 10.5. The minimum Gasteiger partial charge on any atom is -0.493 e. The van der Waals surface area contributed by atoms with Crippen LogP contribution in [0.5, 0.6) is 17.2 Å². The SMILES string of the molecule is CCN(CC)CCCOc1cc(C)c2cc(C(=O)NC(N)=NC)[nH]c2c1.CN=C(N)NC(=O)c1cc2c(C)cc(OCCCN(C)C)cc2[nH]1.CN=C(N)NC(=O)c1cc2c(C)cc(OCCN(C)C)cc2[nH]1. The molecular formula is C52H77N15O6. The maximum absolute atomic E-state index is 12.2. The number of rotatable bonds is 19. The highest BCUT2D eigenvalue weighted by molar-refractivity contribution is 6.08. The van der Waals surface area contributed by atoms with E-state index in [1.807, 2.05) is 91.4 Å². The number of fused-ring (bicyclic) bond motifs is 3. The molecule has 73 heavy (non-hydrogen) atoms. The number of carbonyl (C=O) groups is 3. The number of nitrogens with zero attached hydrogens (tertiary/aromatic N) is 6. The van der Waals surface area contributed by atoms with E-state index in [-0.39, 0.29) is 35.6 Å². The summed E-state index contributed by atoms with van der Waals surface area (Å²) >= 11 is 0. The van der Waals surface area contributed by atoms with Gasteiger partial charge >= 0.3 is 0 Å². The summed E-state index contributed by atoms with van der Waals surface area (Å²) in [6, 6.07) is 17.1. The lowest BCUT2D eigenvalue weighted by Gasteiger charge is -2.17. The van der Waals surface area contributed by atoms with E-state index in [9.17, 15) is 14.4 Å². The maximum atomic E-state index is 12.2. The van der Waals surface area contributed by atoms with Crippen LogP contribution < -0.4 is 47.4 Å². The number of ether oxygens (including phenoxy) is 3. The first-order valence-corrected chi connectivity index (χ1v) is 24.2. The van der Waals surface area contributed by atoms with Gasteiger partial charge in [0, 0.05) is 91.7 Å². The number of aromatic amines is 3. The van der Waals surface area contributed by atoms with Crippen molar-refractivity contribution in [2.75, 3.05) is 102 Å². The van der Waals surface area contributed by atoms with E-state index in [0.717, 1.165) is 112 Å². The Bertz CT molecular complexity index is 2870. The zero-order valence-corrected chi connectivity index (χ0v) is 44.6. The number of nitrogens with one attached hydrogen (secondary N) is 6. The predicted octanol–water partition coefficient (Wildman–Crippen LogP) is 4.83. The summed E-state index contributed by atoms with van der Waals surface area (Å²) in [6.07, 6.45) is 1.94. The number of aryl methyl sites for hydroxylation is 3. The molecule has 0 unspecified atom stereocenters. The van der Waals surface area contributed by atoms with Crippen molar-refractivity contribution in [1.29, 1.82) is 0 Å². The number of aromatic nitrogens is 3. The molecule has 0 aliphatic carbocycles. The molecule has 3 aromatic carbocycles. The number of amides is 3. The maximum Gasteiger partial charge on any atom is 0.274 e. The summed E-state index contributed by atoms with van der Waals surface area (Å²) in [6.45, 7) is 17.2. The van der Waals surface area contributed by atoms with Crippen molar-refractivity contribution in [2.45, 2.75) is 47.5 Å². The molecule has 3 amide bonds. The molecule has 21 heteroatoms. The number of nitrogens with two attached hydrogens (primary N) is 3. The number of hydrogen-bond acceptors (Lipinski definition) is 12. The Kier molecular flexibility index (Phi) is 22.6. The Balaban J connectivity index is 0.000000238. The summed E-state index contributed by atoms with van der Waals surface area (Å²) in [5.41, 5.74) is 23.6. The minimum atomic E-state index is -0.321. The van der Waals surface area contributed by atoms with Gasteiger partial charge in [0.2, 0.25) is 0 Å².